The largest absolute Gasteiger partial charge is 0.480 e. The lowest BCUT2D eigenvalue weighted by molar-refractivity contribution is -0.165. The van der Waals surface area contributed by atoms with E-state index in [2.05, 4.69) is 24.1 Å². The van der Waals surface area contributed by atoms with Gasteiger partial charge in [0.1, 0.15) is 0 Å². The molecule has 5 heteroatoms. The minimum atomic E-state index is -0.826. The van der Waals surface area contributed by atoms with Gasteiger partial charge >= 0.3 is 5.97 Å². The van der Waals surface area contributed by atoms with Crippen LogP contribution in [-0.2, 0) is 9.53 Å². The molecule has 1 aliphatic heterocycles. The van der Waals surface area contributed by atoms with E-state index in [1.165, 1.54) is 0 Å². The molecule has 0 aromatic heterocycles. The number of hydrogen-bond donors (Lipinski definition) is 2. The molecule has 0 saturated carbocycles. The number of aliphatic carboxylic acids is 1. The van der Waals surface area contributed by atoms with E-state index >= 15 is 0 Å². The second-order valence-electron chi connectivity index (χ2n) is 3.83. The van der Waals surface area contributed by atoms with Crippen LogP contribution in [0.1, 0.15) is 13.8 Å². The zero-order valence-electron chi connectivity index (χ0n) is 9.45. The monoisotopic (exact) mass is 216 g/mol. The molecule has 5 nitrogen and oxygen atoms in total. The van der Waals surface area contributed by atoms with Crippen LogP contribution in [-0.4, -0.2) is 60.9 Å². The Hall–Kier alpha value is -0.650. The van der Waals surface area contributed by atoms with Crippen LogP contribution in [0.3, 0.4) is 0 Å². The Bertz CT molecular complexity index is 213. The van der Waals surface area contributed by atoms with Gasteiger partial charge in [-0.1, -0.05) is 13.8 Å². The zero-order chi connectivity index (χ0) is 11.3. The standard InChI is InChI=1S/C10H20N2O3/c1-3-12(4-2)6-5-11-10(9(13)14)7-15-8-10/h11H,3-8H2,1-2H3,(H,13,14). The van der Waals surface area contributed by atoms with Gasteiger partial charge in [-0.25, -0.2) is 0 Å². The first-order valence-corrected chi connectivity index (χ1v) is 5.43. The van der Waals surface area contributed by atoms with Gasteiger partial charge in [0.2, 0.25) is 0 Å². The van der Waals surface area contributed by atoms with Crippen molar-refractivity contribution >= 4 is 5.97 Å². The third-order valence-electron chi connectivity index (χ3n) is 2.89. The smallest absolute Gasteiger partial charge is 0.328 e. The Balaban J connectivity index is 2.26. The number of ether oxygens (including phenoxy) is 1. The van der Waals surface area contributed by atoms with Gasteiger partial charge in [-0.05, 0) is 13.1 Å². The van der Waals surface area contributed by atoms with E-state index in [1.54, 1.807) is 0 Å². The molecule has 0 aliphatic carbocycles. The summed E-state index contributed by atoms with van der Waals surface area (Å²) in [6, 6.07) is 0. The highest BCUT2D eigenvalue weighted by atomic mass is 16.5. The molecule has 0 radical (unpaired) electrons. The van der Waals surface area contributed by atoms with Crippen molar-refractivity contribution in [3.8, 4) is 0 Å². The van der Waals surface area contributed by atoms with Crippen LogP contribution in [0.15, 0.2) is 0 Å². The number of likely N-dealkylation sites (N-methyl/N-ethyl adjacent to an activating group) is 1. The van der Waals surface area contributed by atoms with Crippen molar-refractivity contribution in [1.29, 1.82) is 0 Å². The molecule has 0 atom stereocenters. The highest BCUT2D eigenvalue weighted by molar-refractivity contribution is 5.80. The Morgan fingerprint density at radius 1 is 1.47 bits per heavy atom. The maximum absolute atomic E-state index is 11.0. The van der Waals surface area contributed by atoms with Gasteiger partial charge < -0.3 is 14.7 Å². The second-order valence-corrected chi connectivity index (χ2v) is 3.83. The number of carbonyl (C=O) groups is 1. The van der Waals surface area contributed by atoms with Gasteiger partial charge in [-0.3, -0.25) is 10.1 Å². The molecule has 0 amide bonds. The van der Waals surface area contributed by atoms with Crippen molar-refractivity contribution in [2.45, 2.75) is 19.4 Å². The van der Waals surface area contributed by atoms with Crippen LogP contribution in [0.5, 0.6) is 0 Å². The molecule has 2 N–H and O–H groups in total. The fourth-order valence-electron chi connectivity index (χ4n) is 1.60. The maximum atomic E-state index is 11.0. The van der Waals surface area contributed by atoms with E-state index in [0.717, 1.165) is 19.6 Å². The Labute approximate surface area is 90.4 Å². The van der Waals surface area contributed by atoms with Gasteiger partial charge in [0.15, 0.2) is 5.54 Å². The van der Waals surface area contributed by atoms with E-state index < -0.39 is 11.5 Å². The van der Waals surface area contributed by atoms with Crippen molar-refractivity contribution in [3.05, 3.63) is 0 Å². The summed E-state index contributed by atoms with van der Waals surface area (Å²) in [4.78, 5) is 13.2. The Kier molecular flexibility index (Phi) is 4.50. The fourth-order valence-corrected chi connectivity index (χ4v) is 1.60. The Morgan fingerprint density at radius 2 is 2.07 bits per heavy atom. The first kappa shape index (κ1) is 12.4. The van der Waals surface area contributed by atoms with Crippen LogP contribution in [0.4, 0.5) is 0 Å². The molecule has 1 fully saturated rings. The first-order valence-electron chi connectivity index (χ1n) is 5.43. The van der Waals surface area contributed by atoms with Crippen LogP contribution < -0.4 is 5.32 Å². The summed E-state index contributed by atoms with van der Waals surface area (Å²) >= 11 is 0. The van der Waals surface area contributed by atoms with E-state index in [-0.39, 0.29) is 13.2 Å². The molecule has 0 aromatic rings. The van der Waals surface area contributed by atoms with Crippen molar-refractivity contribution in [2.24, 2.45) is 0 Å². The lowest BCUT2D eigenvalue weighted by atomic mass is 9.98. The highest BCUT2D eigenvalue weighted by Gasteiger charge is 2.45. The topological polar surface area (TPSA) is 61.8 Å². The number of rotatable bonds is 7. The van der Waals surface area contributed by atoms with Crippen molar-refractivity contribution in [1.82, 2.24) is 10.2 Å². The average molecular weight is 216 g/mol. The lowest BCUT2D eigenvalue weighted by Gasteiger charge is -2.38. The molecular weight excluding hydrogens is 196 g/mol. The number of carboxylic acid groups (broad SMARTS) is 1. The van der Waals surface area contributed by atoms with E-state index in [4.69, 9.17) is 9.84 Å². The van der Waals surface area contributed by atoms with Crippen LogP contribution in [0.25, 0.3) is 0 Å². The molecule has 1 heterocycles. The van der Waals surface area contributed by atoms with E-state index in [9.17, 15) is 4.79 Å². The van der Waals surface area contributed by atoms with Crippen LogP contribution in [0.2, 0.25) is 0 Å². The summed E-state index contributed by atoms with van der Waals surface area (Å²) in [6.07, 6.45) is 0. The molecular formula is C10H20N2O3. The summed E-state index contributed by atoms with van der Waals surface area (Å²) in [5.74, 6) is -0.812. The lowest BCUT2D eigenvalue weighted by Crippen LogP contribution is -2.66. The van der Waals surface area contributed by atoms with Crippen LogP contribution >= 0.6 is 0 Å². The van der Waals surface area contributed by atoms with E-state index in [0.29, 0.717) is 6.54 Å². The molecule has 1 rings (SSSR count). The third-order valence-corrected chi connectivity index (χ3v) is 2.89. The van der Waals surface area contributed by atoms with Crippen molar-refractivity contribution < 1.29 is 14.6 Å². The Morgan fingerprint density at radius 3 is 2.40 bits per heavy atom. The van der Waals surface area contributed by atoms with Gasteiger partial charge in [0.05, 0.1) is 13.2 Å². The summed E-state index contributed by atoms with van der Waals surface area (Å²) in [5.41, 5.74) is -0.826. The molecule has 1 aliphatic rings. The number of hydrogen-bond acceptors (Lipinski definition) is 4. The quantitative estimate of drug-likeness (QED) is 0.615. The summed E-state index contributed by atoms with van der Waals surface area (Å²) in [7, 11) is 0. The summed E-state index contributed by atoms with van der Waals surface area (Å²) in [6.45, 7) is 8.32. The number of nitrogens with one attached hydrogen (secondary N) is 1. The second kappa shape index (κ2) is 5.44. The minimum Gasteiger partial charge on any atom is -0.480 e. The van der Waals surface area contributed by atoms with Gasteiger partial charge in [-0.2, -0.15) is 0 Å². The van der Waals surface area contributed by atoms with Crippen molar-refractivity contribution in [2.75, 3.05) is 39.4 Å². The maximum Gasteiger partial charge on any atom is 0.328 e. The SMILES string of the molecule is CCN(CC)CCNC1(C(=O)O)COC1. The van der Waals surface area contributed by atoms with Crippen LogP contribution in [0, 0.1) is 0 Å². The fraction of sp³-hybridized carbons (Fsp3) is 0.900. The van der Waals surface area contributed by atoms with Gasteiger partial charge in [-0.15, -0.1) is 0 Å². The summed E-state index contributed by atoms with van der Waals surface area (Å²) < 4.78 is 4.95. The number of carboxylic acids is 1. The van der Waals surface area contributed by atoms with Gasteiger partial charge in [0.25, 0.3) is 0 Å². The molecule has 88 valence electrons. The molecule has 15 heavy (non-hydrogen) atoms. The molecule has 0 aromatic carbocycles. The molecule has 1 saturated heterocycles. The van der Waals surface area contributed by atoms with Gasteiger partial charge in [0, 0.05) is 13.1 Å². The normalized spacial score (nSPS) is 18.9. The summed E-state index contributed by atoms with van der Waals surface area (Å²) in [5, 5.41) is 12.1. The number of nitrogens with zero attached hydrogens (tertiary/aromatic N) is 1. The van der Waals surface area contributed by atoms with Crippen molar-refractivity contribution in [3.63, 3.8) is 0 Å². The predicted molar refractivity (Wildman–Crippen MR) is 57.0 cm³/mol. The van der Waals surface area contributed by atoms with E-state index in [1.807, 2.05) is 0 Å². The molecule has 0 unspecified atom stereocenters. The zero-order valence-corrected chi connectivity index (χ0v) is 9.45. The molecule has 0 spiro atoms. The molecule has 0 bridgehead atoms. The minimum absolute atomic E-state index is 0.278. The average Bonchev–Trinajstić information content (AvgIpc) is 2.15. The predicted octanol–water partition coefficient (Wildman–Crippen LogP) is -0.229. The third kappa shape index (κ3) is 2.90. The highest BCUT2D eigenvalue weighted by Crippen LogP contribution is 2.16. The first-order chi connectivity index (χ1) is 7.14.